The average molecular weight is 583 g/mol. The number of alkyl halides is 6. The molecule has 218 valence electrons. The number of hydrogen-bond acceptors (Lipinski definition) is 8. The van der Waals surface area contributed by atoms with Crippen LogP contribution in [-0.4, -0.2) is 75.8 Å². The van der Waals surface area contributed by atoms with Crippen molar-refractivity contribution >= 4 is 17.7 Å². The van der Waals surface area contributed by atoms with E-state index in [0.29, 0.717) is 24.2 Å². The number of carbonyl (C=O) groups is 1. The van der Waals surface area contributed by atoms with Gasteiger partial charge in [-0.05, 0) is 12.1 Å². The molecular formula is C25H23F6N7O3. The van der Waals surface area contributed by atoms with Crippen molar-refractivity contribution in [3.05, 3.63) is 70.3 Å². The molecule has 1 amide bonds. The Bertz CT molecular complexity index is 1420. The SMILES string of the molecule is O=C([C@@H]1C[C@@H](Oc2ccccc2)CN1c1cc(C(F)(F)F)c(=O)[nH]n1)N1CCN(c2ncc(C(F)(F)F)cn2)CC1. The molecule has 0 unspecified atom stereocenters. The van der Waals surface area contributed by atoms with Crippen molar-refractivity contribution in [3.8, 4) is 5.75 Å². The van der Waals surface area contributed by atoms with Crippen LogP contribution in [0, 0.1) is 0 Å². The van der Waals surface area contributed by atoms with Gasteiger partial charge in [-0.15, -0.1) is 0 Å². The van der Waals surface area contributed by atoms with Crippen LogP contribution in [0.1, 0.15) is 17.5 Å². The standard InChI is InChI=1S/C25H23F6N7O3/c26-24(27,28)15-12-32-23(33-13-15)37-8-6-36(7-9-37)22(40)19-10-17(41-16-4-2-1-3-5-16)14-38(19)20-11-18(25(29,30)31)21(39)35-34-20/h1-5,11-13,17,19H,6-10,14H2,(H,35,39)/t17-,19+/m1/s1. The number of nitrogens with zero attached hydrogens (tertiary/aromatic N) is 6. The quantitative estimate of drug-likeness (QED) is 0.457. The van der Waals surface area contributed by atoms with Gasteiger partial charge >= 0.3 is 12.4 Å². The summed E-state index contributed by atoms with van der Waals surface area (Å²) in [5.41, 5.74) is -3.82. The van der Waals surface area contributed by atoms with E-state index in [1.807, 2.05) is 5.10 Å². The van der Waals surface area contributed by atoms with Crippen molar-refractivity contribution in [1.82, 2.24) is 25.1 Å². The minimum absolute atomic E-state index is 0.0288. The van der Waals surface area contributed by atoms with Crippen molar-refractivity contribution in [3.63, 3.8) is 0 Å². The molecule has 10 nitrogen and oxygen atoms in total. The molecular weight excluding hydrogens is 560 g/mol. The van der Waals surface area contributed by atoms with E-state index in [9.17, 15) is 35.9 Å². The topological polar surface area (TPSA) is 108 Å². The van der Waals surface area contributed by atoms with Crippen LogP contribution in [0.15, 0.2) is 53.6 Å². The van der Waals surface area contributed by atoms with E-state index in [2.05, 4.69) is 15.1 Å². The van der Waals surface area contributed by atoms with Gasteiger partial charge in [-0.25, -0.2) is 15.1 Å². The Morgan fingerprint density at radius 1 is 0.951 bits per heavy atom. The maximum Gasteiger partial charge on any atom is 0.421 e. The highest BCUT2D eigenvalue weighted by Gasteiger charge is 2.43. The van der Waals surface area contributed by atoms with Crippen LogP contribution in [-0.2, 0) is 17.1 Å². The number of anilines is 2. The van der Waals surface area contributed by atoms with Gasteiger partial charge < -0.3 is 19.4 Å². The molecule has 2 aliphatic heterocycles. The Morgan fingerprint density at radius 2 is 1.61 bits per heavy atom. The summed E-state index contributed by atoms with van der Waals surface area (Å²) in [5, 5.41) is 5.66. The number of aromatic amines is 1. The Morgan fingerprint density at radius 3 is 2.22 bits per heavy atom. The van der Waals surface area contributed by atoms with Crippen LogP contribution in [0.25, 0.3) is 0 Å². The van der Waals surface area contributed by atoms with E-state index in [1.54, 1.807) is 35.2 Å². The Labute approximate surface area is 228 Å². The molecule has 41 heavy (non-hydrogen) atoms. The largest absolute Gasteiger partial charge is 0.488 e. The molecule has 0 bridgehead atoms. The number of nitrogens with one attached hydrogen (secondary N) is 1. The molecule has 16 heteroatoms. The summed E-state index contributed by atoms with van der Waals surface area (Å²) in [4.78, 5) is 37.6. The van der Waals surface area contributed by atoms with Crippen molar-refractivity contribution in [2.45, 2.75) is 30.9 Å². The molecule has 0 aliphatic carbocycles. The smallest absolute Gasteiger partial charge is 0.421 e. The van der Waals surface area contributed by atoms with Gasteiger partial charge in [-0.2, -0.15) is 31.4 Å². The molecule has 2 saturated heterocycles. The first-order chi connectivity index (χ1) is 19.4. The van der Waals surface area contributed by atoms with Gasteiger partial charge in [-0.3, -0.25) is 9.59 Å². The van der Waals surface area contributed by atoms with Crippen LogP contribution in [0.3, 0.4) is 0 Å². The van der Waals surface area contributed by atoms with Gasteiger partial charge in [0, 0.05) is 51.1 Å². The number of amides is 1. The summed E-state index contributed by atoms with van der Waals surface area (Å²) < 4.78 is 84.8. The fourth-order valence-corrected chi connectivity index (χ4v) is 4.78. The number of rotatable bonds is 5. The number of ether oxygens (including phenoxy) is 1. The van der Waals surface area contributed by atoms with Crippen LogP contribution < -0.4 is 20.1 Å². The minimum Gasteiger partial charge on any atom is -0.488 e. The minimum atomic E-state index is -4.93. The van der Waals surface area contributed by atoms with Gasteiger partial charge in [0.2, 0.25) is 11.9 Å². The molecule has 3 aromatic rings. The third-order valence-electron chi connectivity index (χ3n) is 6.82. The number of H-pyrrole nitrogens is 1. The molecule has 0 radical (unpaired) electrons. The zero-order valence-corrected chi connectivity index (χ0v) is 21.2. The van der Waals surface area contributed by atoms with E-state index in [1.165, 1.54) is 9.80 Å². The molecule has 0 spiro atoms. The zero-order valence-electron chi connectivity index (χ0n) is 21.2. The van der Waals surface area contributed by atoms with E-state index in [-0.39, 0.29) is 50.9 Å². The first-order valence-electron chi connectivity index (χ1n) is 12.5. The van der Waals surface area contributed by atoms with Gasteiger partial charge in [0.05, 0.1) is 12.1 Å². The lowest BCUT2D eigenvalue weighted by Crippen LogP contribution is -2.54. The lowest BCUT2D eigenvalue weighted by atomic mass is 10.1. The fourth-order valence-electron chi connectivity index (χ4n) is 4.78. The van der Waals surface area contributed by atoms with Crippen molar-refractivity contribution < 1.29 is 35.9 Å². The molecule has 0 saturated carbocycles. The number of halogens is 6. The number of aromatic nitrogens is 4. The Kier molecular flexibility index (Phi) is 7.48. The normalized spacial score (nSPS) is 19.9. The number of piperazine rings is 1. The van der Waals surface area contributed by atoms with Crippen molar-refractivity contribution in [2.24, 2.45) is 0 Å². The maximum absolute atomic E-state index is 13.7. The first kappa shape index (κ1) is 28.2. The molecule has 2 aromatic heterocycles. The van der Waals surface area contributed by atoms with Crippen molar-refractivity contribution in [1.29, 1.82) is 0 Å². The van der Waals surface area contributed by atoms with E-state index >= 15 is 0 Å². The Balaban J connectivity index is 1.33. The van der Waals surface area contributed by atoms with Gasteiger partial charge in [0.25, 0.3) is 5.56 Å². The van der Waals surface area contributed by atoms with Crippen LogP contribution in [0.4, 0.5) is 38.1 Å². The molecule has 1 aromatic carbocycles. The highest BCUT2D eigenvalue weighted by molar-refractivity contribution is 5.86. The number of hydrogen-bond donors (Lipinski definition) is 1. The summed E-state index contributed by atoms with van der Waals surface area (Å²) in [6.07, 6.45) is -8.55. The first-order valence-corrected chi connectivity index (χ1v) is 12.5. The third kappa shape index (κ3) is 6.20. The predicted molar refractivity (Wildman–Crippen MR) is 132 cm³/mol. The summed E-state index contributed by atoms with van der Waals surface area (Å²) in [6, 6.07) is 8.39. The molecule has 2 aliphatic rings. The van der Waals surface area contributed by atoms with E-state index in [4.69, 9.17) is 4.74 Å². The monoisotopic (exact) mass is 583 g/mol. The second-order valence-electron chi connectivity index (χ2n) is 9.51. The van der Waals surface area contributed by atoms with E-state index in [0.717, 1.165) is 0 Å². The average Bonchev–Trinajstić information content (AvgIpc) is 3.36. The fraction of sp³-hybridized carbons (Fsp3) is 0.400. The second-order valence-corrected chi connectivity index (χ2v) is 9.51. The lowest BCUT2D eigenvalue weighted by molar-refractivity contribution is -0.139. The second kappa shape index (κ2) is 10.9. The molecule has 1 N–H and O–H groups in total. The number of para-hydroxylation sites is 1. The van der Waals surface area contributed by atoms with Crippen molar-refractivity contribution in [2.75, 3.05) is 42.5 Å². The lowest BCUT2D eigenvalue weighted by Gasteiger charge is -2.37. The summed E-state index contributed by atoms with van der Waals surface area (Å²) in [6.45, 7) is 0.821. The summed E-state index contributed by atoms with van der Waals surface area (Å²) in [5.74, 6) is -0.0212. The summed E-state index contributed by atoms with van der Waals surface area (Å²) >= 11 is 0. The van der Waals surface area contributed by atoms with E-state index < -0.39 is 47.1 Å². The molecule has 5 rings (SSSR count). The van der Waals surface area contributed by atoms with Crippen LogP contribution in [0.2, 0.25) is 0 Å². The Hall–Kier alpha value is -4.37. The van der Waals surface area contributed by atoms with Crippen LogP contribution in [0.5, 0.6) is 5.75 Å². The highest BCUT2D eigenvalue weighted by atomic mass is 19.4. The predicted octanol–water partition coefficient (Wildman–Crippen LogP) is 2.97. The maximum atomic E-state index is 13.7. The zero-order chi connectivity index (χ0) is 29.4. The molecule has 4 heterocycles. The van der Waals surface area contributed by atoms with Crippen LogP contribution >= 0.6 is 0 Å². The summed E-state index contributed by atoms with van der Waals surface area (Å²) in [7, 11) is 0. The third-order valence-corrected chi connectivity index (χ3v) is 6.82. The van der Waals surface area contributed by atoms with Gasteiger partial charge in [-0.1, -0.05) is 18.2 Å². The van der Waals surface area contributed by atoms with Gasteiger partial charge in [0.1, 0.15) is 23.5 Å². The van der Waals surface area contributed by atoms with Gasteiger partial charge in [0.15, 0.2) is 5.82 Å². The molecule has 2 atom stereocenters. The molecule has 2 fully saturated rings. The number of carbonyl (C=O) groups excluding carboxylic acids is 1. The highest BCUT2D eigenvalue weighted by Crippen LogP contribution is 2.33. The number of benzene rings is 1.